The van der Waals surface area contributed by atoms with Gasteiger partial charge in [0.15, 0.2) is 0 Å². The molecule has 5 nitrogen and oxygen atoms in total. The van der Waals surface area contributed by atoms with Crippen LogP contribution >= 0.6 is 0 Å². The lowest BCUT2D eigenvalue weighted by molar-refractivity contribution is -0.138. The molecule has 0 spiro atoms. The average molecular weight is 339 g/mol. The van der Waals surface area contributed by atoms with Gasteiger partial charge < -0.3 is 9.64 Å². The molecule has 1 fully saturated rings. The van der Waals surface area contributed by atoms with Crippen molar-refractivity contribution < 1.29 is 9.53 Å². The van der Waals surface area contributed by atoms with Crippen molar-refractivity contribution in [3.05, 3.63) is 35.5 Å². The molecular weight excluding hydrogens is 314 g/mol. The Balaban J connectivity index is 1.65. The maximum atomic E-state index is 13.0. The summed E-state index contributed by atoms with van der Waals surface area (Å²) >= 11 is 0. The Bertz CT molecular complexity index is 801. The number of aromatic nitrogens is 2. The van der Waals surface area contributed by atoms with Crippen molar-refractivity contribution in [2.75, 3.05) is 0 Å². The zero-order chi connectivity index (χ0) is 17.6. The number of nitrogens with zero attached hydrogens (tertiary/aromatic N) is 3. The fourth-order valence-corrected chi connectivity index (χ4v) is 4.19. The smallest absolute Gasteiger partial charge is 0.244 e. The van der Waals surface area contributed by atoms with E-state index in [4.69, 9.17) is 4.74 Å². The van der Waals surface area contributed by atoms with Crippen LogP contribution in [0.1, 0.15) is 44.2 Å². The van der Waals surface area contributed by atoms with Gasteiger partial charge in [-0.2, -0.15) is 5.10 Å². The van der Waals surface area contributed by atoms with Crippen LogP contribution in [-0.4, -0.2) is 32.7 Å². The highest BCUT2D eigenvalue weighted by Crippen LogP contribution is 2.38. The van der Waals surface area contributed by atoms with Gasteiger partial charge in [-0.05, 0) is 52.2 Å². The van der Waals surface area contributed by atoms with E-state index in [0.717, 1.165) is 35.4 Å². The Hall–Kier alpha value is -2.30. The molecule has 0 aliphatic carbocycles. The molecule has 0 saturated carbocycles. The van der Waals surface area contributed by atoms with Gasteiger partial charge in [-0.15, -0.1) is 0 Å². The molecule has 2 aliphatic rings. The van der Waals surface area contributed by atoms with Gasteiger partial charge in [0.25, 0.3) is 0 Å². The fourth-order valence-electron chi connectivity index (χ4n) is 4.19. The van der Waals surface area contributed by atoms with Crippen LogP contribution in [0.15, 0.2) is 24.4 Å². The molecule has 0 radical (unpaired) electrons. The summed E-state index contributed by atoms with van der Waals surface area (Å²) in [6, 6.07) is 6.78. The van der Waals surface area contributed by atoms with E-state index < -0.39 is 0 Å². The number of hydrogen-bond donors (Lipinski definition) is 0. The lowest BCUT2D eigenvalue weighted by Gasteiger charge is -2.39. The first kappa shape index (κ1) is 16.2. The van der Waals surface area contributed by atoms with E-state index in [1.807, 2.05) is 27.9 Å². The van der Waals surface area contributed by atoms with Crippen LogP contribution < -0.4 is 4.74 Å². The van der Waals surface area contributed by atoms with Crippen molar-refractivity contribution in [2.45, 2.75) is 65.3 Å². The monoisotopic (exact) mass is 339 g/mol. The van der Waals surface area contributed by atoms with Gasteiger partial charge in [0, 0.05) is 23.2 Å². The molecular formula is C20H25N3O2. The normalized spacial score (nSPS) is 22.1. The molecule has 2 atom stereocenters. The number of rotatable bonds is 2. The second-order valence-corrected chi connectivity index (χ2v) is 7.39. The zero-order valence-electron chi connectivity index (χ0n) is 15.2. The highest BCUT2D eigenvalue weighted by molar-refractivity contribution is 5.79. The van der Waals surface area contributed by atoms with Crippen LogP contribution in [0.3, 0.4) is 0 Å². The minimum Gasteiger partial charge on any atom is -0.488 e. The van der Waals surface area contributed by atoms with Crippen LogP contribution in [0.4, 0.5) is 0 Å². The largest absolute Gasteiger partial charge is 0.488 e. The second kappa shape index (κ2) is 6.21. The van der Waals surface area contributed by atoms with E-state index in [9.17, 15) is 4.79 Å². The topological polar surface area (TPSA) is 47.4 Å². The summed E-state index contributed by atoms with van der Waals surface area (Å²) in [6.07, 6.45) is 5.20. The van der Waals surface area contributed by atoms with Crippen molar-refractivity contribution >= 4 is 5.91 Å². The van der Waals surface area contributed by atoms with Gasteiger partial charge in [0.1, 0.15) is 18.9 Å². The summed E-state index contributed by atoms with van der Waals surface area (Å²) in [7, 11) is 0. The maximum Gasteiger partial charge on any atom is 0.244 e. The Morgan fingerprint density at radius 3 is 2.80 bits per heavy atom. The number of fused-ring (bicyclic) bond motifs is 3. The van der Waals surface area contributed by atoms with Crippen molar-refractivity contribution in [1.29, 1.82) is 0 Å². The van der Waals surface area contributed by atoms with E-state index in [1.165, 1.54) is 12.0 Å². The first-order valence-electron chi connectivity index (χ1n) is 9.14. The van der Waals surface area contributed by atoms with Gasteiger partial charge >= 0.3 is 0 Å². The predicted octanol–water partition coefficient (Wildman–Crippen LogP) is 3.54. The third-order valence-corrected chi connectivity index (χ3v) is 5.46. The molecule has 0 bridgehead atoms. The van der Waals surface area contributed by atoms with Crippen LogP contribution in [0.2, 0.25) is 0 Å². The third-order valence-electron chi connectivity index (χ3n) is 5.46. The van der Waals surface area contributed by atoms with Crippen LogP contribution in [0.5, 0.6) is 5.75 Å². The molecule has 1 aromatic carbocycles. The van der Waals surface area contributed by atoms with Gasteiger partial charge in [-0.3, -0.25) is 9.48 Å². The summed E-state index contributed by atoms with van der Waals surface area (Å²) in [4.78, 5) is 15.0. The van der Waals surface area contributed by atoms with Crippen molar-refractivity contribution in [2.24, 2.45) is 0 Å². The van der Waals surface area contributed by atoms with Crippen molar-refractivity contribution in [1.82, 2.24) is 14.7 Å². The van der Waals surface area contributed by atoms with Gasteiger partial charge in [0.05, 0.1) is 11.9 Å². The summed E-state index contributed by atoms with van der Waals surface area (Å²) in [6.45, 7) is 7.17. The number of amides is 1. The lowest BCUT2D eigenvalue weighted by atomic mass is 9.97. The standard InChI is InChI=1S/C20H25N3O2/c1-13-7-8-18-17(9-13)20-16(12-25-18)10-21-22(20)11-19(24)23-14(2)5-4-6-15(23)3/h7-10,14-15H,4-6,11-12H2,1-3H3/t14-,15-/m0/s1. The average Bonchev–Trinajstić information content (AvgIpc) is 2.98. The number of carbonyl (C=O) groups is 1. The molecule has 1 saturated heterocycles. The Morgan fingerprint density at radius 1 is 1.28 bits per heavy atom. The summed E-state index contributed by atoms with van der Waals surface area (Å²) in [5.74, 6) is 1.03. The lowest BCUT2D eigenvalue weighted by Crippen LogP contribution is -2.48. The molecule has 0 N–H and O–H groups in total. The summed E-state index contributed by atoms with van der Waals surface area (Å²) in [5, 5.41) is 4.50. The number of benzene rings is 1. The number of carbonyl (C=O) groups excluding carboxylic acids is 1. The second-order valence-electron chi connectivity index (χ2n) is 7.39. The van der Waals surface area contributed by atoms with E-state index in [0.29, 0.717) is 18.7 Å². The molecule has 1 amide bonds. The molecule has 0 unspecified atom stereocenters. The van der Waals surface area contributed by atoms with Crippen LogP contribution in [-0.2, 0) is 17.9 Å². The Morgan fingerprint density at radius 2 is 2.04 bits per heavy atom. The minimum absolute atomic E-state index is 0.159. The summed E-state index contributed by atoms with van der Waals surface area (Å²) in [5.41, 5.74) is 4.28. The van der Waals surface area contributed by atoms with E-state index >= 15 is 0 Å². The molecule has 4 rings (SSSR count). The number of aryl methyl sites for hydroxylation is 1. The molecule has 3 heterocycles. The third kappa shape index (κ3) is 2.81. The number of likely N-dealkylation sites (tertiary alicyclic amines) is 1. The fraction of sp³-hybridized carbons (Fsp3) is 0.500. The van der Waals surface area contributed by atoms with Crippen molar-refractivity contribution in [3.63, 3.8) is 0 Å². The molecule has 2 aliphatic heterocycles. The minimum atomic E-state index is 0.159. The zero-order valence-corrected chi connectivity index (χ0v) is 15.2. The van der Waals surface area contributed by atoms with E-state index in [2.05, 4.69) is 31.9 Å². The van der Waals surface area contributed by atoms with Crippen molar-refractivity contribution in [3.8, 4) is 17.0 Å². The highest BCUT2D eigenvalue weighted by atomic mass is 16.5. The molecule has 2 aromatic rings. The maximum absolute atomic E-state index is 13.0. The van der Waals surface area contributed by atoms with Gasteiger partial charge in [0.2, 0.25) is 5.91 Å². The molecule has 1 aromatic heterocycles. The first-order valence-corrected chi connectivity index (χ1v) is 9.14. The Labute approximate surface area is 148 Å². The SMILES string of the molecule is Cc1ccc2c(c1)-c1c(cnn1CC(=O)N1[C@@H](C)CCC[C@@H]1C)CO2. The van der Waals surface area contributed by atoms with E-state index in [1.54, 1.807) is 0 Å². The summed E-state index contributed by atoms with van der Waals surface area (Å²) < 4.78 is 7.68. The number of piperidine rings is 1. The Kier molecular flexibility index (Phi) is 4.02. The quantitative estimate of drug-likeness (QED) is 0.841. The molecule has 132 valence electrons. The van der Waals surface area contributed by atoms with Gasteiger partial charge in [-0.25, -0.2) is 0 Å². The molecule has 25 heavy (non-hydrogen) atoms. The van der Waals surface area contributed by atoms with Crippen LogP contribution in [0, 0.1) is 6.92 Å². The first-order chi connectivity index (χ1) is 12.0. The van der Waals surface area contributed by atoms with E-state index in [-0.39, 0.29) is 12.5 Å². The van der Waals surface area contributed by atoms with Gasteiger partial charge in [-0.1, -0.05) is 11.6 Å². The number of hydrogen-bond acceptors (Lipinski definition) is 3. The van der Waals surface area contributed by atoms with Crippen LogP contribution in [0.25, 0.3) is 11.3 Å². The predicted molar refractivity (Wildman–Crippen MR) is 96.4 cm³/mol. The molecule has 5 heteroatoms. The highest BCUT2D eigenvalue weighted by Gasteiger charge is 2.30. The number of ether oxygens (including phenoxy) is 1.